The second kappa shape index (κ2) is 8.65. The number of rotatable bonds is 5. The average Bonchev–Trinajstić information content (AvgIpc) is 2.46. The smallest absolute Gasteiger partial charge is 0.305 e. The van der Waals surface area contributed by atoms with Crippen molar-refractivity contribution >= 4 is 11.9 Å². The first-order valence-corrected chi connectivity index (χ1v) is 8.34. The van der Waals surface area contributed by atoms with Crippen LogP contribution in [0.15, 0.2) is 24.3 Å². The van der Waals surface area contributed by atoms with Crippen molar-refractivity contribution in [2.24, 2.45) is 5.92 Å². The summed E-state index contributed by atoms with van der Waals surface area (Å²) < 4.78 is 13.0. The number of benzene rings is 1. The summed E-state index contributed by atoms with van der Waals surface area (Å²) in [6.45, 7) is 0. The summed E-state index contributed by atoms with van der Waals surface area (Å²) in [6.07, 6.45) is 7.12. The number of halogens is 1. The Bertz CT molecular complexity index is 522. The maximum atomic E-state index is 13.0. The lowest BCUT2D eigenvalue weighted by Crippen LogP contribution is -2.35. The molecule has 0 bridgehead atoms. The molecule has 0 heterocycles. The minimum atomic E-state index is -0.989. The fraction of sp³-hybridized carbons (Fsp3) is 0.556. The summed E-state index contributed by atoms with van der Waals surface area (Å²) in [5, 5.41) is 11.9. The van der Waals surface area contributed by atoms with Gasteiger partial charge in [-0.2, -0.15) is 0 Å². The molecule has 2 rings (SSSR count). The number of carbonyl (C=O) groups is 2. The lowest BCUT2D eigenvalue weighted by Gasteiger charge is -2.23. The zero-order valence-electron chi connectivity index (χ0n) is 13.3. The van der Waals surface area contributed by atoms with E-state index >= 15 is 0 Å². The van der Waals surface area contributed by atoms with Gasteiger partial charge in [-0.1, -0.05) is 44.2 Å². The number of amides is 1. The van der Waals surface area contributed by atoms with Crippen LogP contribution in [-0.4, -0.2) is 17.0 Å². The number of hydrogen-bond acceptors (Lipinski definition) is 2. The fourth-order valence-corrected chi connectivity index (χ4v) is 3.13. The lowest BCUT2D eigenvalue weighted by atomic mass is 9.90. The summed E-state index contributed by atoms with van der Waals surface area (Å²) in [5.74, 6) is -1.50. The SMILES string of the molecule is O=C(O)CC(NC(=O)C1CCCCCCC1)c1ccc(F)cc1. The Labute approximate surface area is 136 Å². The number of hydrogen-bond donors (Lipinski definition) is 2. The third-order valence-electron chi connectivity index (χ3n) is 4.44. The van der Waals surface area contributed by atoms with E-state index in [1.165, 1.54) is 30.7 Å². The molecule has 2 N–H and O–H groups in total. The second-order valence-electron chi connectivity index (χ2n) is 6.25. The Morgan fingerprint density at radius 3 is 2.22 bits per heavy atom. The van der Waals surface area contributed by atoms with Crippen LogP contribution in [0, 0.1) is 11.7 Å². The van der Waals surface area contributed by atoms with E-state index in [9.17, 15) is 14.0 Å². The van der Waals surface area contributed by atoms with Crippen molar-refractivity contribution in [3.63, 3.8) is 0 Å². The Hall–Kier alpha value is -1.91. The zero-order chi connectivity index (χ0) is 16.7. The minimum Gasteiger partial charge on any atom is -0.481 e. The molecule has 5 heteroatoms. The first kappa shape index (κ1) is 17.4. The Kier molecular flexibility index (Phi) is 6.56. The molecule has 1 unspecified atom stereocenters. The van der Waals surface area contributed by atoms with Crippen molar-refractivity contribution in [1.29, 1.82) is 0 Å². The topological polar surface area (TPSA) is 66.4 Å². The van der Waals surface area contributed by atoms with Gasteiger partial charge in [-0.25, -0.2) is 4.39 Å². The highest BCUT2D eigenvalue weighted by Crippen LogP contribution is 2.24. The molecule has 0 aromatic heterocycles. The van der Waals surface area contributed by atoms with Gasteiger partial charge in [-0.3, -0.25) is 9.59 Å². The number of aliphatic carboxylic acids is 1. The number of carbonyl (C=O) groups excluding carboxylic acids is 1. The molecule has 1 aliphatic carbocycles. The van der Waals surface area contributed by atoms with E-state index in [-0.39, 0.29) is 24.1 Å². The molecule has 4 nitrogen and oxygen atoms in total. The van der Waals surface area contributed by atoms with Crippen molar-refractivity contribution in [1.82, 2.24) is 5.32 Å². The fourth-order valence-electron chi connectivity index (χ4n) is 3.13. The molecule has 126 valence electrons. The van der Waals surface area contributed by atoms with E-state index in [1.54, 1.807) is 0 Å². The Morgan fingerprint density at radius 2 is 1.65 bits per heavy atom. The Balaban J connectivity index is 2.05. The highest BCUT2D eigenvalue weighted by molar-refractivity contribution is 5.80. The van der Waals surface area contributed by atoms with Gasteiger partial charge in [-0.15, -0.1) is 0 Å². The molecule has 1 aromatic rings. The lowest BCUT2D eigenvalue weighted by molar-refractivity contribution is -0.138. The van der Waals surface area contributed by atoms with Gasteiger partial charge in [0.15, 0.2) is 0 Å². The molecule has 1 aromatic carbocycles. The summed E-state index contributed by atoms with van der Waals surface area (Å²) in [6, 6.07) is 5.01. The van der Waals surface area contributed by atoms with Gasteiger partial charge in [-0.05, 0) is 30.5 Å². The molecular weight excluding hydrogens is 297 g/mol. The zero-order valence-corrected chi connectivity index (χ0v) is 13.3. The van der Waals surface area contributed by atoms with Crippen molar-refractivity contribution < 1.29 is 19.1 Å². The molecule has 1 amide bonds. The normalized spacial score (nSPS) is 17.8. The van der Waals surface area contributed by atoms with Crippen LogP contribution in [0.2, 0.25) is 0 Å². The summed E-state index contributed by atoms with van der Waals surface area (Å²) in [4.78, 5) is 23.6. The predicted molar refractivity (Wildman–Crippen MR) is 85.3 cm³/mol. The maximum absolute atomic E-state index is 13.0. The van der Waals surface area contributed by atoms with Crippen molar-refractivity contribution in [2.75, 3.05) is 0 Å². The third kappa shape index (κ3) is 5.66. The molecule has 1 saturated carbocycles. The van der Waals surface area contributed by atoms with Crippen LogP contribution in [0.1, 0.15) is 63.0 Å². The van der Waals surface area contributed by atoms with Gasteiger partial charge >= 0.3 is 5.97 Å². The van der Waals surface area contributed by atoms with Gasteiger partial charge in [0.05, 0.1) is 12.5 Å². The van der Waals surface area contributed by atoms with Crippen LogP contribution in [-0.2, 0) is 9.59 Å². The maximum Gasteiger partial charge on any atom is 0.305 e. The monoisotopic (exact) mass is 321 g/mol. The average molecular weight is 321 g/mol. The number of nitrogens with one attached hydrogen (secondary N) is 1. The number of carboxylic acids is 1. The predicted octanol–water partition coefficient (Wildman–Crippen LogP) is 3.82. The quantitative estimate of drug-likeness (QED) is 0.866. The van der Waals surface area contributed by atoms with E-state index in [1.807, 2.05) is 0 Å². The van der Waals surface area contributed by atoms with E-state index in [0.717, 1.165) is 38.5 Å². The second-order valence-corrected chi connectivity index (χ2v) is 6.25. The third-order valence-corrected chi connectivity index (χ3v) is 4.44. The molecule has 0 radical (unpaired) electrons. The van der Waals surface area contributed by atoms with Crippen LogP contribution in [0.4, 0.5) is 4.39 Å². The minimum absolute atomic E-state index is 0.0490. The highest BCUT2D eigenvalue weighted by atomic mass is 19.1. The van der Waals surface area contributed by atoms with Gasteiger partial charge in [0.1, 0.15) is 5.82 Å². The largest absolute Gasteiger partial charge is 0.481 e. The first-order valence-electron chi connectivity index (χ1n) is 8.34. The summed E-state index contributed by atoms with van der Waals surface area (Å²) >= 11 is 0. The standard InChI is InChI=1S/C18H24FNO3/c19-15-10-8-13(9-11-15)16(12-17(21)22)20-18(23)14-6-4-2-1-3-5-7-14/h8-11,14,16H,1-7,12H2,(H,20,23)(H,21,22). The molecule has 0 aliphatic heterocycles. The number of carboxylic acid groups (broad SMARTS) is 1. The molecule has 1 fully saturated rings. The molecule has 0 spiro atoms. The molecule has 1 aliphatic rings. The van der Waals surface area contributed by atoms with Crippen LogP contribution in [0.25, 0.3) is 0 Å². The molecule has 1 atom stereocenters. The van der Waals surface area contributed by atoms with Crippen LogP contribution >= 0.6 is 0 Å². The highest BCUT2D eigenvalue weighted by Gasteiger charge is 2.24. The molecule has 0 saturated heterocycles. The summed E-state index contributed by atoms with van der Waals surface area (Å²) in [7, 11) is 0. The van der Waals surface area contributed by atoms with Gasteiger partial charge in [0.2, 0.25) is 5.91 Å². The van der Waals surface area contributed by atoms with Crippen molar-refractivity contribution in [3.05, 3.63) is 35.6 Å². The van der Waals surface area contributed by atoms with Crippen molar-refractivity contribution in [2.45, 2.75) is 57.4 Å². The van der Waals surface area contributed by atoms with Crippen LogP contribution in [0.5, 0.6) is 0 Å². The van der Waals surface area contributed by atoms with E-state index in [2.05, 4.69) is 5.32 Å². The van der Waals surface area contributed by atoms with Crippen LogP contribution in [0.3, 0.4) is 0 Å². The molecular formula is C18H24FNO3. The van der Waals surface area contributed by atoms with Gasteiger partial charge in [0, 0.05) is 5.92 Å². The van der Waals surface area contributed by atoms with Crippen LogP contribution < -0.4 is 5.32 Å². The molecule has 23 heavy (non-hydrogen) atoms. The van der Waals surface area contributed by atoms with Gasteiger partial charge < -0.3 is 10.4 Å². The van der Waals surface area contributed by atoms with E-state index in [0.29, 0.717) is 5.56 Å². The van der Waals surface area contributed by atoms with Crippen molar-refractivity contribution in [3.8, 4) is 0 Å². The van der Waals surface area contributed by atoms with E-state index < -0.39 is 12.0 Å². The summed E-state index contributed by atoms with van der Waals surface area (Å²) in [5.41, 5.74) is 0.619. The Morgan fingerprint density at radius 1 is 1.09 bits per heavy atom. The first-order chi connectivity index (χ1) is 11.1. The van der Waals surface area contributed by atoms with E-state index in [4.69, 9.17) is 5.11 Å². The van der Waals surface area contributed by atoms with Gasteiger partial charge in [0.25, 0.3) is 0 Å².